The molecule has 1 aromatic rings. The molecule has 66 valence electrons. The van der Waals surface area contributed by atoms with Crippen molar-refractivity contribution in [1.82, 2.24) is 0 Å². The van der Waals surface area contributed by atoms with Crippen molar-refractivity contribution >= 4 is 21.1 Å². The minimum absolute atomic E-state index is 0.244. The van der Waals surface area contributed by atoms with Gasteiger partial charge in [-0.15, -0.1) is 0 Å². The zero-order valence-corrected chi connectivity index (χ0v) is 10.4. The van der Waals surface area contributed by atoms with Crippen LogP contribution in [0.5, 0.6) is 0 Å². The van der Waals surface area contributed by atoms with E-state index in [2.05, 4.69) is 56.5 Å². The first-order valence-corrected chi connectivity index (χ1v) is 10.9. The Kier molecular flexibility index (Phi) is 2.91. The minimum Gasteiger partial charge on any atom is -0.287 e. The molecular weight excluding hydrogens is 176 g/mol. The van der Waals surface area contributed by atoms with Gasteiger partial charge in [0.2, 0.25) is 0 Å². The van der Waals surface area contributed by atoms with Gasteiger partial charge in [-0.2, -0.15) is 6.55 Å². The highest BCUT2D eigenvalue weighted by Crippen LogP contribution is 2.06. The first-order chi connectivity index (χ1) is 5.52. The summed E-state index contributed by atoms with van der Waals surface area (Å²) in [5.74, 6) is 0. The smallest absolute Gasteiger partial charge is 0.0625 e. The van der Waals surface area contributed by atoms with Crippen molar-refractivity contribution in [3.05, 3.63) is 30.3 Å². The quantitative estimate of drug-likeness (QED) is 0.633. The van der Waals surface area contributed by atoms with E-state index < -0.39 is 7.59 Å². The van der Waals surface area contributed by atoms with Crippen molar-refractivity contribution in [1.29, 1.82) is 0 Å². The highest BCUT2D eigenvalue weighted by Gasteiger charge is 2.09. The maximum Gasteiger partial charge on any atom is -0.0625 e. The van der Waals surface area contributed by atoms with E-state index in [-0.39, 0.29) is 8.31 Å². The average molecular weight is 193 g/mol. The molecule has 0 unspecified atom stereocenters. The molecular formula is C10H17Si2-. The molecule has 1 aromatic carbocycles. The van der Waals surface area contributed by atoms with E-state index in [9.17, 15) is 0 Å². The molecule has 2 heteroatoms. The van der Waals surface area contributed by atoms with Gasteiger partial charge in [-0.25, -0.2) is 5.19 Å². The number of hydrogen-bond donors (Lipinski definition) is 0. The zero-order chi connectivity index (χ0) is 9.19. The van der Waals surface area contributed by atoms with Crippen LogP contribution in [0.4, 0.5) is 0 Å². The van der Waals surface area contributed by atoms with Gasteiger partial charge in [0.15, 0.2) is 0 Å². The molecule has 0 heterocycles. The summed E-state index contributed by atoms with van der Waals surface area (Å²) in [4.78, 5) is 0. The van der Waals surface area contributed by atoms with Crippen LogP contribution in [0.15, 0.2) is 30.3 Å². The normalized spacial score (nSPS) is 11.3. The maximum absolute atomic E-state index is 2.47. The second-order valence-electron chi connectivity index (χ2n) is 4.24. The molecule has 0 amide bonds. The SMILES string of the molecule is C[Si-](c1ccccc1)[Si](C)(C)C. The Bertz CT molecular complexity index is 236. The molecule has 1 rings (SSSR count). The lowest BCUT2D eigenvalue weighted by Gasteiger charge is -2.40. The van der Waals surface area contributed by atoms with E-state index in [4.69, 9.17) is 0 Å². The van der Waals surface area contributed by atoms with Crippen LogP contribution in [0.25, 0.3) is 0 Å². The summed E-state index contributed by atoms with van der Waals surface area (Å²) < 4.78 is 0. The number of rotatable bonds is 2. The molecule has 0 aliphatic rings. The first-order valence-electron chi connectivity index (χ1n) is 4.41. The van der Waals surface area contributed by atoms with Crippen molar-refractivity contribution in [2.45, 2.75) is 26.2 Å². The third-order valence-corrected chi connectivity index (χ3v) is 13.4. The Labute approximate surface area is 78.0 Å². The highest BCUT2D eigenvalue weighted by atomic mass is 29.2. The largest absolute Gasteiger partial charge is 0.287 e. The fourth-order valence-corrected chi connectivity index (χ4v) is 5.78. The second-order valence-corrected chi connectivity index (χ2v) is 17.3. The minimum atomic E-state index is -0.900. The predicted molar refractivity (Wildman–Crippen MR) is 61.0 cm³/mol. The summed E-state index contributed by atoms with van der Waals surface area (Å²) in [6.45, 7) is 9.85. The number of hydrogen-bond acceptors (Lipinski definition) is 0. The van der Waals surface area contributed by atoms with Gasteiger partial charge in [-0.05, 0) is 0 Å². The summed E-state index contributed by atoms with van der Waals surface area (Å²) in [5.41, 5.74) is 0. The van der Waals surface area contributed by atoms with E-state index >= 15 is 0 Å². The molecule has 0 spiro atoms. The van der Waals surface area contributed by atoms with E-state index in [1.165, 1.54) is 0 Å². The maximum atomic E-state index is 2.47. The molecule has 0 nitrogen and oxygen atoms in total. The molecule has 12 heavy (non-hydrogen) atoms. The van der Waals surface area contributed by atoms with E-state index in [1.807, 2.05) is 0 Å². The van der Waals surface area contributed by atoms with Crippen LogP contribution in [-0.4, -0.2) is 15.9 Å². The van der Waals surface area contributed by atoms with Crippen molar-refractivity contribution in [2.24, 2.45) is 0 Å². The fraction of sp³-hybridized carbons (Fsp3) is 0.400. The Morgan fingerprint density at radius 3 is 1.92 bits per heavy atom. The van der Waals surface area contributed by atoms with Crippen molar-refractivity contribution in [3.63, 3.8) is 0 Å². The van der Waals surface area contributed by atoms with Gasteiger partial charge in [0.1, 0.15) is 0 Å². The van der Waals surface area contributed by atoms with Crippen LogP contribution < -0.4 is 5.19 Å². The fourth-order valence-electron chi connectivity index (χ4n) is 1.12. The summed E-state index contributed by atoms with van der Waals surface area (Å²) in [6, 6.07) is 11.0. The van der Waals surface area contributed by atoms with Crippen LogP contribution in [0, 0.1) is 0 Å². The Balaban J connectivity index is 2.86. The van der Waals surface area contributed by atoms with Gasteiger partial charge >= 0.3 is 0 Å². The first kappa shape index (κ1) is 9.74. The van der Waals surface area contributed by atoms with E-state index in [1.54, 1.807) is 5.19 Å². The van der Waals surface area contributed by atoms with Crippen LogP contribution in [0.3, 0.4) is 0 Å². The molecule has 0 radical (unpaired) electrons. The van der Waals surface area contributed by atoms with Crippen LogP contribution in [0.2, 0.25) is 26.2 Å². The summed E-state index contributed by atoms with van der Waals surface area (Å²) >= 11 is 0. The zero-order valence-electron chi connectivity index (χ0n) is 8.39. The van der Waals surface area contributed by atoms with Crippen molar-refractivity contribution < 1.29 is 0 Å². The van der Waals surface area contributed by atoms with Gasteiger partial charge in [-0.3, -0.25) is 8.31 Å². The molecule has 0 aliphatic carbocycles. The van der Waals surface area contributed by atoms with Gasteiger partial charge in [0.05, 0.1) is 0 Å². The molecule has 0 fully saturated rings. The van der Waals surface area contributed by atoms with E-state index in [0.717, 1.165) is 0 Å². The number of benzene rings is 1. The summed E-state index contributed by atoms with van der Waals surface area (Å²) in [6.07, 6.45) is 0. The topological polar surface area (TPSA) is 0 Å². The molecule has 0 saturated carbocycles. The van der Waals surface area contributed by atoms with Gasteiger partial charge in [-0.1, -0.05) is 57.6 Å². The molecule has 0 aromatic heterocycles. The van der Waals surface area contributed by atoms with Crippen LogP contribution in [0.1, 0.15) is 0 Å². The Morgan fingerprint density at radius 2 is 1.50 bits per heavy atom. The van der Waals surface area contributed by atoms with Crippen molar-refractivity contribution in [3.8, 4) is 0 Å². The summed E-state index contributed by atoms with van der Waals surface area (Å²) in [5, 5.41) is 1.60. The molecule has 0 bridgehead atoms. The Hall–Kier alpha value is -0.346. The molecule has 0 saturated heterocycles. The van der Waals surface area contributed by atoms with Crippen molar-refractivity contribution in [2.75, 3.05) is 0 Å². The predicted octanol–water partition coefficient (Wildman–Crippen LogP) is 2.43. The molecule has 0 N–H and O–H groups in total. The van der Waals surface area contributed by atoms with Gasteiger partial charge < -0.3 is 0 Å². The van der Waals surface area contributed by atoms with Crippen LogP contribution in [-0.2, 0) is 0 Å². The standard InChI is InChI=1S/C10H17Si2/c1-11(12(2,3)4)10-8-6-5-7-9-10/h5-9H,1-4H3/q-1. The summed E-state index contributed by atoms with van der Waals surface area (Å²) in [7, 11) is -1.14. The third kappa shape index (κ3) is 2.32. The van der Waals surface area contributed by atoms with E-state index in [0.29, 0.717) is 0 Å². The lowest BCUT2D eigenvalue weighted by Crippen LogP contribution is -2.48. The monoisotopic (exact) mass is 193 g/mol. The Morgan fingerprint density at radius 1 is 1.00 bits per heavy atom. The van der Waals surface area contributed by atoms with Gasteiger partial charge in [0, 0.05) is 0 Å². The van der Waals surface area contributed by atoms with Gasteiger partial charge in [0.25, 0.3) is 0 Å². The third-order valence-electron chi connectivity index (χ3n) is 2.33. The second kappa shape index (κ2) is 3.58. The average Bonchev–Trinajstić information content (AvgIpc) is 2.03. The lowest BCUT2D eigenvalue weighted by molar-refractivity contribution is 1.74. The highest BCUT2D eigenvalue weighted by molar-refractivity contribution is 7.35. The molecule has 0 atom stereocenters. The molecule has 0 aliphatic heterocycles. The van der Waals surface area contributed by atoms with Crippen LogP contribution >= 0.6 is 0 Å². The lowest BCUT2D eigenvalue weighted by atomic mass is 10.4.